The molecule has 28 heavy (non-hydrogen) atoms. The van der Waals surface area contributed by atoms with E-state index in [1.54, 1.807) is 0 Å². The molecule has 2 N–H and O–H groups in total. The zero-order chi connectivity index (χ0) is 21.6. The summed E-state index contributed by atoms with van der Waals surface area (Å²) in [6.45, 7) is -1.57. The van der Waals surface area contributed by atoms with Crippen LogP contribution in [0.4, 0.5) is 13.2 Å². The van der Waals surface area contributed by atoms with Crippen LogP contribution in [0.3, 0.4) is 0 Å². The molecule has 0 bridgehead atoms. The summed E-state index contributed by atoms with van der Waals surface area (Å²) >= 11 is 0. The Labute approximate surface area is 160 Å². The van der Waals surface area contributed by atoms with Crippen LogP contribution >= 0.6 is 10.3 Å². The molecule has 0 unspecified atom stereocenters. The van der Waals surface area contributed by atoms with Crippen LogP contribution < -0.4 is 0 Å². The Kier molecular flexibility index (Phi) is 8.44. The van der Waals surface area contributed by atoms with Crippen LogP contribution in [0.25, 0.3) is 0 Å². The average molecular weight is 448 g/mol. The van der Waals surface area contributed by atoms with Crippen molar-refractivity contribution in [2.75, 3.05) is 37.6 Å². The van der Waals surface area contributed by atoms with Gasteiger partial charge in [-0.25, -0.2) is 8.42 Å². The van der Waals surface area contributed by atoms with Crippen molar-refractivity contribution >= 4 is 32.2 Å². The minimum absolute atomic E-state index is 0.171. The van der Waals surface area contributed by atoms with E-state index in [2.05, 4.69) is 8.37 Å². The Balaban J connectivity index is 3.35. The van der Waals surface area contributed by atoms with E-state index >= 15 is 0 Å². The number of ether oxygens (including phenoxy) is 1. The van der Waals surface area contributed by atoms with Gasteiger partial charge >= 0.3 is 21.6 Å². The second-order valence-corrected chi connectivity index (χ2v) is 10.3. The van der Waals surface area contributed by atoms with Crippen molar-refractivity contribution in [1.82, 2.24) is 0 Å². The molecule has 0 spiro atoms. The molecule has 0 radical (unpaired) electrons. The molecule has 0 saturated heterocycles. The summed E-state index contributed by atoms with van der Waals surface area (Å²) in [5.41, 5.74) is -6.13. The molecule has 13 heteroatoms. The van der Waals surface area contributed by atoms with Gasteiger partial charge in [-0.3, -0.25) is 4.79 Å². The van der Waals surface area contributed by atoms with E-state index in [1.165, 1.54) is 24.3 Å². The van der Waals surface area contributed by atoms with Crippen molar-refractivity contribution in [2.24, 2.45) is 0 Å². The molecular formula is C15H19F3O8S2. The number of hydrogen-bond acceptors (Lipinski definition) is 8. The van der Waals surface area contributed by atoms with Gasteiger partial charge in [-0.15, -0.1) is 10.3 Å². The second-order valence-electron chi connectivity index (χ2n) is 5.39. The van der Waals surface area contributed by atoms with Crippen LogP contribution in [0, 0.1) is 0 Å². The first-order valence-corrected chi connectivity index (χ1v) is 11.1. The SMILES string of the molecule is COC(=O)c1ccccc1C(=O)CS(CCO)(CCO)OS(=O)(=O)C(F)(F)F. The number of aliphatic hydroxyl groups excluding tert-OH is 2. The monoisotopic (exact) mass is 448 g/mol. The molecule has 0 fully saturated rings. The topological polar surface area (TPSA) is 127 Å². The first-order chi connectivity index (χ1) is 12.9. The third-order valence-corrected chi connectivity index (χ3v) is 8.55. The molecule has 0 amide bonds. The van der Waals surface area contributed by atoms with Gasteiger partial charge in [-0.1, -0.05) is 18.2 Å². The van der Waals surface area contributed by atoms with Crippen molar-refractivity contribution in [3.8, 4) is 0 Å². The number of carbonyl (C=O) groups is 2. The highest BCUT2D eigenvalue weighted by molar-refractivity contribution is 8.33. The van der Waals surface area contributed by atoms with Crippen LogP contribution in [-0.2, 0) is 18.5 Å². The molecular weight excluding hydrogens is 429 g/mol. The number of aliphatic hydroxyl groups is 2. The first-order valence-electron chi connectivity index (χ1n) is 7.64. The highest BCUT2D eigenvalue weighted by Crippen LogP contribution is 2.52. The largest absolute Gasteiger partial charge is 0.523 e. The number of halogens is 3. The minimum Gasteiger partial charge on any atom is -0.465 e. The number of ketones is 1. The van der Waals surface area contributed by atoms with Gasteiger partial charge in [0.05, 0.1) is 31.6 Å². The quantitative estimate of drug-likeness (QED) is 0.311. The van der Waals surface area contributed by atoms with Gasteiger partial charge in [0.25, 0.3) is 0 Å². The normalized spacial score (nSPS) is 13.2. The lowest BCUT2D eigenvalue weighted by Gasteiger charge is -2.37. The number of rotatable bonds is 10. The van der Waals surface area contributed by atoms with Gasteiger partial charge in [-0.05, 0) is 6.07 Å². The summed E-state index contributed by atoms with van der Waals surface area (Å²) in [6.07, 6.45) is 0. The van der Waals surface area contributed by atoms with E-state index in [-0.39, 0.29) is 11.1 Å². The molecule has 160 valence electrons. The lowest BCUT2D eigenvalue weighted by Crippen LogP contribution is -2.33. The molecule has 8 nitrogen and oxygen atoms in total. The number of benzene rings is 1. The predicted molar refractivity (Wildman–Crippen MR) is 94.5 cm³/mol. The summed E-state index contributed by atoms with van der Waals surface area (Å²) in [4.78, 5) is 24.5. The smallest absolute Gasteiger partial charge is 0.465 e. The van der Waals surface area contributed by atoms with Crippen molar-refractivity contribution in [2.45, 2.75) is 5.51 Å². The van der Waals surface area contributed by atoms with Gasteiger partial charge in [0.1, 0.15) is 0 Å². The standard InChI is InChI=1S/C15H19F3O8S2/c1-25-14(22)12-5-3-2-4-11(12)13(21)10-27(8-6-19,9-7-20)26-28(23,24)15(16,17)18/h2-5,19-20H,6-10H2,1H3. The van der Waals surface area contributed by atoms with E-state index in [0.29, 0.717) is 0 Å². The highest BCUT2D eigenvalue weighted by Gasteiger charge is 2.51. The Bertz CT molecular complexity index is 802. The maximum Gasteiger partial charge on any atom is 0.523 e. The number of carbonyl (C=O) groups excluding carboxylic acids is 2. The third-order valence-electron chi connectivity index (χ3n) is 3.47. The zero-order valence-corrected chi connectivity index (χ0v) is 16.3. The highest BCUT2D eigenvalue weighted by atomic mass is 32.3. The number of methoxy groups -OCH3 is 1. The Morgan fingerprint density at radius 3 is 1.96 bits per heavy atom. The molecule has 0 aromatic heterocycles. The molecule has 0 saturated carbocycles. The Morgan fingerprint density at radius 1 is 1.04 bits per heavy atom. The summed E-state index contributed by atoms with van der Waals surface area (Å²) < 4.78 is 70.1. The molecule has 0 aliphatic rings. The van der Waals surface area contributed by atoms with Crippen LogP contribution in [0.2, 0.25) is 0 Å². The van der Waals surface area contributed by atoms with Crippen molar-refractivity contribution in [3.63, 3.8) is 0 Å². The molecule has 0 aliphatic heterocycles. The van der Waals surface area contributed by atoms with Gasteiger partial charge < -0.3 is 14.9 Å². The van der Waals surface area contributed by atoms with Crippen LogP contribution in [0.1, 0.15) is 20.7 Å². The molecule has 0 heterocycles. The van der Waals surface area contributed by atoms with Crippen LogP contribution in [0.5, 0.6) is 0 Å². The Morgan fingerprint density at radius 2 is 1.54 bits per heavy atom. The molecule has 0 atom stereocenters. The van der Waals surface area contributed by atoms with E-state index in [9.17, 15) is 41.4 Å². The summed E-state index contributed by atoms with van der Waals surface area (Å²) in [6, 6.07) is 5.29. The van der Waals surface area contributed by atoms with Gasteiger partial charge in [0, 0.05) is 17.1 Å². The van der Waals surface area contributed by atoms with Gasteiger partial charge in [-0.2, -0.15) is 21.6 Å². The lowest BCUT2D eigenvalue weighted by atomic mass is 10.0. The molecule has 1 rings (SSSR count). The van der Waals surface area contributed by atoms with E-state index in [0.717, 1.165) is 7.11 Å². The maximum absolute atomic E-state index is 12.7. The third kappa shape index (κ3) is 5.91. The van der Waals surface area contributed by atoms with Crippen LogP contribution in [-0.4, -0.2) is 73.5 Å². The molecule has 1 aromatic rings. The average Bonchev–Trinajstić information content (AvgIpc) is 2.60. The summed E-state index contributed by atoms with van der Waals surface area (Å²) in [5.74, 6) is -3.84. The van der Waals surface area contributed by atoms with Crippen LogP contribution in [0.15, 0.2) is 24.3 Å². The predicted octanol–water partition coefficient (Wildman–Crippen LogP) is 1.23. The van der Waals surface area contributed by atoms with E-state index < -0.39 is 68.2 Å². The Hall–Kier alpha value is -1.67. The summed E-state index contributed by atoms with van der Waals surface area (Å²) in [7, 11) is -8.47. The number of esters is 1. The minimum atomic E-state index is -6.09. The fourth-order valence-electron chi connectivity index (χ4n) is 2.23. The second kappa shape index (κ2) is 9.69. The lowest BCUT2D eigenvalue weighted by molar-refractivity contribution is -0.0496. The van der Waals surface area contributed by atoms with Crippen molar-refractivity contribution in [3.05, 3.63) is 35.4 Å². The van der Waals surface area contributed by atoms with Gasteiger partial charge in [0.15, 0.2) is 5.78 Å². The van der Waals surface area contributed by atoms with Gasteiger partial charge in [0.2, 0.25) is 0 Å². The van der Waals surface area contributed by atoms with E-state index in [4.69, 9.17) is 0 Å². The van der Waals surface area contributed by atoms with Crippen molar-refractivity contribution in [1.29, 1.82) is 0 Å². The maximum atomic E-state index is 12.7. The molecule has 1 aromatic carbocycles. The zero-order valence-electron chi connectivity index (χ0n) is 14.6. The first kappa shape index (κ1) is 24.4. The molecule has 0 aliphatic carbocycles. The number of alkyl halides is 3. The van der Waals surface area contributed by atoms with Crippen molar-refractivity contribution < 1.29 is 49.8 Å². The fourth-order valence-corrected chi connectivity index (χ4v) is 6.59. The van der Waals surface area contributed by atoms with E-state index in [1.807, 2.05) is 0 Å². The number of Topliss-reactive ketones (excluding diaryl/α,β-unsaturated/α-hetero) is 1. The fraction of sp³-hybridized carbons (Fsp3) is 0.467. The summed E-state index contributed by atoms with van der Waals surface area (Å²) in [5, 5.41) is 18.4. The number of hydrogen-bond donors (Lipinski definition) is 2.